The minimum atomic E-state index is -0.116. The standard InChI is InChI=1S/C19H22N4O3S/c1-3-25-13-6-7-15-17(11-13)27-19(21-15)23(12-14-5-4-10-26-14)18(24)16-8-9-20-22(16)2/h6-9,11,14H,3-5,10,12H2,1-2H3/t14-/m0/s1. The first-order chi connectivity index (χ1) is 13.2. The lowest BCUT2D eigenvalue weighted by atomic mass is 10.2. The largest absolute Gasteiger partial charge is 0.494 e. The van der Waals surface area contributed by atoms with Crippen LogP contribution in [0.4, 0.5) is 5.13 Å². The number of carbonyl (C=O) groups is 1. The zero-order valence-electron chi connectivity index (χ0n) is 15.4. The highest BCUT2D eigenvalue weighted by Crippen LogP contribution is 2.33. The normalized spacial score (nSPS) is 16.7. The molecule has 1 aliphatic rings. The topological polar surface area (TPSA) is 69.5 Å². The number of hydrogen-bond donors (Lipinski definition) is 0. The Hall–Kier alpha value is -2.45. The van der Waals surface area contributed by atoms with E-state index in [1.54, 1.807) is 28.9 Å². The molecule has 0 N–H and O–H groups in total. The van der Waals surface area contributed by atoms with Gasteiger partial charge in [0.1, 0.15) is 11.4 Å². The van der Waals surface area contributed by atoms with Crippen LogP contribution >= 0.6 is 11.3 Å². The summed E-state index contributed by atoms with van der Waals surface area (Å²) in [6.45, 7) is 3.80. The molecule has 3 aromatic rings. The van der Waals surface area contributed by atoms with E-state index in [0.29, 0.717) is 24.0 Å². The fraction of sp³-hybridized carbons (Fsp3) is 0.421. The molecular formula is C19H22N4O3S. The van der Waals surface area contributed by atoms with Crippen molar-refractivity contribution in [2.75, 3.05) is 24.7 Å². The number of thiazole rings is 1. The molecule has 27 heavy (non-hydrogen) atoms. The molecule has 0 unspecified atom stereocenters. The van der Waals surface area contributed by atoms with Crippen molar-refractivity contribution in [3.8, 4) is 5.75 Å². The first kappa shape index (κ1) is 17.9. The SMILES string of the molecule is CCOc1ccc2nc(N(C[C@@H]3CCCO3)C(=O)c3ccnn3C)sc2c1. The molecule has 0 spiro atoms. The highest BCUT2D eigenvalue weighted by atomic mass is 32.1. The maximum atomic E-state index is 13.2. The van der Waals surface area contributed by atoms with E-state index in [9.17, 15) is 4.79 Å². The fourth-order valence-corrected chi connectivity index (χ4v) is 4.23. The molecule has 0 aliphatic carbocycles. The molecular weight excluding hydrogens is 364 g/mol. The van der Waals surface area contributed by atoms with Crippen LogP contribution < -0.4 is 9.64 Å². The third-order valence-corrected chi connectivity index (χ3v) is 5.63. The van der Waals surface area contributed by atoms with Gasteiger partial charge < -0.3 is 9.47 Å². The first-order valence-electron chi connectivity index (χ1n) is 9.10. The van der Waals surface area contributed by atoms with Crippen molar-refractivity contribution in [2.24, 2.45) is 7.05 Å². The van der Waals surface area contributed by atoms with E-state index < -0.39 is 0 Å². The van der Waals surface area contributed by atoms with Gasteiger partial charge in [-0.2, -0.15) is 5.10 Å². The van der Waals surface area contributed by atoms with Gasteiger partial charge in [0, 0.05) is 19.9 Å². The molecule has 1 aliphatic heterocycles. The van der Waals surface area contributed by atoms with E-state index in [4.69, 9.17) is 14.5 Å². The summed E-state index contributed by atoms with van der Waals surface area (Å²) in [7, 11) is 1.77. The maximum Gasteiger partial charge on any atom is 0.278 e. The van der Waals surface area contributed by atoms with Gasteiger partial charge in [0.05, 0.1) is 29.5 Å². The molecule has 1 saturated heterocycles. The lowest BCUT2D eigenvalue weighted by Gasteiger charge is -2.22. The maximum absolute atomic E-state index is 13.2. The molecule has 142 valence electrons. The Bertz CT molecular complexity index is 945. The molecule has 3 heterocycles. The Kier molecular flexibility index (Phi) is 5.09. The summed E-state index contributed by atoms with van der Waals surface area (Å²) >= 11 is 1.49. The van der Waals surface area contributed by atoms with Crippen LogP contribution in [0.3, 0.4) is 0 Å². The van der Waals surface area contributed by atoms with Crippen LogP contribution in [0.2, 0.25) is 0 Å². The summed E-state index contributed by atoms with van der Waals surface area (Å²) in [5, 5.41) is 4.79. The van der Waals surface area contributed by atoms with Gasteiger partial charge in [-0.1, -0.05) is 11.3 Å². The molecule has 2 aromatic heterocycles. The number of ether oxygens (including phenoxy) is 2. The fourth-order valence-electron chi connectivity index (χ4n) is 3.23. The van der Waals surface area contributed by atoms with Crippen LogP contribution in [-0.2, 0) is 11.8 Å². The van der Waals surface area contributed by atoms with Crippen LogP contribution in [0.1, 0.15) is 30.3 Å². The predicted molar refractivity (Wildman–Crippen MR) is 105 cm³/mol. The third-order valence-electron chi connectivity index (χ3n) is 4.59. The van der Waals surface area contributed by atoms with Crippen molar-refractivity contribution in [1.82, 2.24) is 14.8 Å². The Morgan fingerprint density at radius 2 is 2.33 bits per heavy atom. The Labute approximate surface area is 161 Å². The van der Waals surface area contributed by atoms with Crippen molar-refractivity contribution < 1.29 is 14.3 Å². The highest BCUT2D eigenvalue weighted by Gasteiger charge is 2.28. The van der Waals surface area contributed by atoms with E-state index in [1.165, 1.54) is 11.3 Å². The molecule has 0 saturated carbocycles. The molecule has 1 atom stereocenters. The molecule has 0 radical (unpaired) electrons. The first-order valence-corrected chi connectivity index (χ1v) is 9.92. The third kappa shape index (κ3) is 3.68. The van der Waals surface area contributed by atoms with Gasteiger partial charge in [-0.25, -0.2) is 4.98 Å². The number of anilines is 1. The summed E-state index contributed by atoms with van der Waals surface area (Å²) in [5.41, 5.74) is 1.39. The number of benzene rings is 1. The second-order valence-electron chi connectivity index (χ2n) is 6.45. The summed E-state index contributed by atoms with van der Waals surface area (Å²) < 4.78 is 13.9. The molecule has 0 bridgehead atoms. The number of aryl methyl sites for hydroxylation is 1. The summed E-state index contributed by atoms with van der Waals surface area (Å²) in [6.07, 6.45) is 3.64. The second-order valence-corrected chi connectivity index (χ2v) is 7.46. The smallest absolute Gasteiger partial charge is 0.278 e. The lowest BCUT2D eigenvalue weighted by Crippen LogP contribution is -2.38. The van der Waals surface area contributed by atoms with Crippen LogP contribution in [-0.4, -0.2) is 46.5 Å². The number of hydrogen-bond acceptors (Lipinski definition) is 6. The van der Waals surface area contributed by atoms with E-state index in [2.05, 4.69) is 5.10 Å². The molecule has 1 fully saturated rings. The van der Waals surface area contributed by atoms with Crippen LogP contribution in [0.25, 0.3) is 10.2 Å². The van der Waals surface area contributed by atoms with Crippen LogP contribution in [0.15, 0.2) is 30.5 Å². The predicted octanol–water partition coefficient (Wildman–Crippen LogP) is 3.25. The van der Waals surface area contributed by atoms with Crippen molar-refractivity contribution in [3.05, 3.63) is 36.2 Å². The number of nitrogens with zero attached hydrogens (tertiary/aromatic N) is 4. The van der Waals surface area contributed by atoms with Gasteiger partial charge in [0.2, 0.25) is 0 Å². The lowest BCUT2D eigenvalue weighted by molar-refractivity contribution is 0.0909. The molecule has 1 aromatic carbocycles. The molecule has 4 rings (SSSR count). The monoisotopic (exact) mass is 386 g/mol. The Morgan fingerprint density at radius 3 is 3.04 bits per heavy atom. The van der Waals surface area contributed by atoms with E-state index >= 15 is 0 Å². The molecule has 7 nitrogen and oxygen atoms in total. The van der Waals surface area contributed by atoms with Gasteiger partial charge in [-0.3, -0.25) is 14.4 Å². The van der Waals surface area contributed by atoms with Crippen molar-refractivity contribution in [3.63, 3.8) is 0 Å². The van der Waals surface area contributed by atoms with Gasteiger partial charge >= 0.3 is 0 Å². The van der Waals surface area contributed by atoms with E-state index in [0.717, 1.165) is 35.4 Å². The van der Waals surface area contributed by atoms with Crippen molar-refractivity contribution in [1.29, 1.82) is 0 Å². The zero-order valence-corrected chi connectivity index (χ0v) is 16.2. The van der Waals surface area contributed by atoms with Gasteiger partial charge in [0.25, 0.3) is 5.91 Å². The minimum absolute atomic E-state index is 0.0353. The second kappa shape index (κ2) is 7.66. The molecule has 1 amide bonds. The highest BCUT2D eigenvalue weighted by molar-refractivity contribution is 7.22. The van der Waals surface area contributed by atoms with Crippen molar-refractivity contribution in [2.45, 2.75) is 25.9 Å². The van der Waals surface area contributed by atoms with Crippen LogP contribution in [0.5, 0.6) is 5.75 Å². The molecule has 8 heteroatoms. The quantitative estimate of drug-likeness (QED) is 0.650. The zero-order chi connectivity index (χ0) is 18.8. The van der Waals surface area contributed by atoms with Gasteiger partial charge in [0.15, 0.2) is 5.13 Å². The van der Waals surface area contributed by atoms with Gasteiger partial charge in [-0.05, 0) is 44.0 Å². The number of fused-ring (bicyclic) bond motifs is 1. The Balaban J connectivity index is 1.69. The number of rotatable bonds is 6. The van der Waals surface area contributed by atoms with Crippen LogP contribution in [0, 0.1) is 0 Å². The minimum Gasteiger partial charge on any atom is -0.494 e. The van der Waals surface area contributed by atoms with Crippen molar-refractivity contribution >= 4 is 32.6 Å². The number of carbonyl (C=O) groups excluding carboxylic acids is 1. The average Bonchev–Trinajstić information content (AvgIpc) is 3.39. The average molecular weight is 386 g/mol. The summed E-state index contributed by atoms with van der Waals surface area (Å²) in [6, 6.07) is 7.53. The number of aromatic nitrogens is 3. The van der Waals surface area contributed by atoms with Gasteiger partial charge in [-0.15, -0.1) is 0 Å². The summed E-state index contributed by atoms with van der Waals surface area (Å²) in [4.78, 5) is 19.6. The van der Waals surface area contributed by atoms with E-state index in [-0.39, 0.29) is 12.0 Å². The van der Waals surface area contributed by atoms with E-state index in [1.807, 2.05) is 25.1 Å². The number of amides is 1. The summed E-state index contributed by atoms with van der Waals surface area (Å²) in [5.74, 6) is 0.693. The Morgan fingerprint density at radius 1 is 1.44 bits per heavy atom.